The van der Waals surface area contributed by atoms with Gasteiger partial charge in [-0.05, 0) is 30.2 Å². The number of nitrogens with two attached hydrogens (primary N) is 1. The average Bonchev–Trinajstić information content (AvgIpc) is 2.59. The lowest BCUT2D eigenvalue weighted by Gasteiger charge is -2.46. The van der Waals surface area contributed by atoms with E-state index in [0.717, 1.165) is 0 Å². The van der Waals surface area contributed by atoms with Crippen LogP contribution in [0.1, 0.15) is 25.8 Å². The number of hydrogen-bond donors (Lipinski definition) is 1. The molecule has 0 radical (unpaired) electrons. The molecule has 1 heterocycles. The summed E-state index contributed by atoms with van der Waals surface area (Å²) in [6.07, 6.45) is 2.19. The van der Waals surface area contributed by atoms with E-state index in [0.29, 0.717) is 31.7 Å². The molecule has 1 atom stereocenters. The maximum absolute atomic E-state index is 13.9. The molecule has 0 bridgehead atoms. The Kier molecular flexibility index (Phi) is 4.99. The molecule has 1 aromatic rings. The number of ether oxygens (including phenoxy) is 2. The molecule has 1 saturated heterocycles. The van der Waals surface area contributed by atoms with Crippen LogP contribution >= 0.6 is 0 Å². The highest BCUT2D eigenvalue weighted by Gasteiger charge is 2.47. The van der Waals surface area contributed by atoms with Crippen molar-refractivity contribution in [2.24, 2.45) is 11.1 Å². The van der Waals surface area contributed by atoms with Gasteiger partial charge in [-0.3, -0.25) is 9.59 Å². The Morgan fingerprint density at radius 3 is 2.78 bits per heavy atom. The minimum absolute atomic E-state index is 0.0819. The second-order valence-electron chi connectivity index (χ2n) is 7.86. The lowest BCUT2D eigenvalue weighted by molar-refractivity contribution is -0.151. The van der Waals surface area contributed by atoms with Gasteiger partial charge in [-0.15, -0.1) is 0 Å². The average molecular weight is 376 g/mol. The molecule has 1 aliphatic heterocycles. The summed E-state index contributed by atoms with van der Waals surface area (Å²) in [6.45, 7) is 4.79. The molecule has 1 aromatic carbocycles. The Hall–Kier alpha value is -2.41. The van der Waals surface area contributed by atoms with E-state index < -0.39 is 16.8 Å². The van der Waals surface area contributed by atoms with E-state index in [1.807, 2.05) is 13.8 Å². The van der Waals surface area contributed by atoms with Crippen molar-refractivity contribution in [1.82, 2.24) is 4.90 Å². The number of hydrogen-bond acceptors (Lipinski definition) is 5. The molecule has 2 aliphatic rings. The number of rotatable bonds is 3. The largest absolute Gasteiger partial charge is 0.494 e. The fourth-order valence-electron chi connectivity index (χ4n) is 3.94. The van der Waals surface area contributed by atoms with E-state index in [9.17, 15) is 14.0 Å². The number of allylic oxidation sites excluding steroid dienone is 1. The number of benzene rings is 1. The van der Waals surface area contributed by atoms with Crippen molar-refractivity contribution in [3.05, 3.63) is 41.4 Å². The van der Waals surface area contributed by atoms with E-state index >= 15 is 0 Å². The smallest absolute Gasteiger partial charge is 0.227 e. The number of halogens is 1. The van der Waals surface area contributed by atoms with Gasteiger partial charge in [0.15, 0.2) is 17.3 Å². The molecule has 2 N–H and O–H groups in total. The van der Waals surface area contributed by atoms with Crippen LogP contribution in [0.3, 0.4) is 0 Å². The molecule has 1 spiro atoms. The predicted molar refractivity (Wildman–Crippen MR) is 97.6 cm³/mol. The Balaban J connectivity index is 1.75. The van der Waals surface area contributed by atoms with Gasteiger partial charge < -0.3 is 20.1 Å². The highest BCUT2D eigenvalue weighted by atomic mass is 19.1. The van der Waals surface area contributed by atoms with E-state index in [4.69, 9.17) is 15.2 Å². The number of ketones is 1. The Labute approximate surface area is 158 Å². The molecule has 3 rings (SSSR count). The fourth-order valence-corrected chi connectivity index (χ4v) is 3.94. The van der Waals surface area contributed by atoms with Gasteiger partial charge in [-0.1, -0.05) is 19.9 Å². The summed E-state index contributed by atoms with van der Waals surface area (Å²) in [4.78, 5) is 26.7. The topological polar surface area (TPSA) is 81.9 Å². The van der Waals surface area contributed by atoms with Crippen LogP contribution < -0.4 is 10.5 Å². The molecular weight excluding hydrogens is 351 g/mol. The summed E-state index contributed by atoms with van der Waals surface area (Å²) in [7, 11) is 1.39. The standard InChI is InChI=1S/C20H25FN2O4/c1-19(2)11-20(10-15(22)18(19)25)12-23(6-7-27-20)17(24)9-13-4-5-16(26-3)14(21)8-13/h4-5,8,10H,6-7,9,11-12,22H2,1-3H3. The van der Waals surface area contributed by atoms with Gasteiger partial charge in [-0.2, -0.15) is 0 Å². The summed E-state index contributed by atoms with van der Waals surface area (Å²) in [5, 5.41) is 0. The molecule has 1 fully saturated rings. The van der Waals surface area contributed by atoms with Gasteiger partial charge in [-0.25, -0.2) is 4.39 Å². The van der Waals surface area contributed by atoms with E-state index in [1.165, 1.54) is 19.2 Å². The van der Waals surface area contributed by atoms with Crippen molar-refractivity contribution in [1.29, 1.82) is 0 Å². The first-order valence-corrected chi connectivity index (χ1v) is 8.93. The van der Waals surface area contributed by atoms with Crippen LogP contribution in [0.4, 0.5) is 4.39 Å². The van der Waals surface area contributed by atoms with Gasteiger partial charge in [0.2, 0.25) is 5.91 Å². The third-order valence-corrected chi connectivity index (χ3v) is 5.17. The number of nitrogens with zero attached hydrogens (tertiary/aromatic N) is 1. The number of carbonyl (C=O) groups is 2. The van der Waals surface area contributed by atoms with Crippen LogP contribution in [0, 0.1) is 11.2 Å². The number of Topliss-reactive ketones (excluding diaryl/α,β-unsaturated/α-hetero) is 1. The zero-order valence-corrected chi connectivity index (χ0v) is 15.9. The summed E-state index contributed by atoms with van der Waals surface area (Å²) in [5.74, 6) is -0.575. The highest BCUT2D eigenvalue weighted by Crippen LogP contribution is 2.40. The Bertz CT molecular complexity index is 805. The van der Waals surface area contributed by atoms with E-state index in [1.54, 1.807) is 17.0 Å². The fraction of sp³-hybridized carbons (Fsp3) is 0.500. The molecule has 0 aromatic heterocycles. The van der Waals surface area contributed by atoms with Crippen molar-refractivity contribution >= 4 is 11.7 Å². The van der Waals surface area contributed by atoms with Crippen molar-refractivity contribution in [3.8, 4) is 5.75 Å². The molecule has 6 nitrogen and oxygen atoms in total. The van der Waals surface area contributed by atoms with E-state index in [-0.39, 0.29) is 29.6 Å². The summed E-state index contributed by atoms with van der Waals surface area (Å²) in [6, 6.07) is 4.50. The van der Waals surface area contributed by atoms with Crippen LogP contribution in [0.15, 0.2) is 30.0 Å². The van der Waals surface area contributed by atoms with Crippen LogP contribution in [-0.2, 0) is 20.7 Å². The van der Waals surface area contributed by atoms with Crippen LogP contribution in [0.5, 0.6) is 5.75 Å². The third-order valence-electron chi connectivity index (χ3n) is 5.17. The molecule has 1 unspecified atom stereocenters. The maximum Gasteiger partial charge on any atom is 0.227 e. The molecule has 7 heteroatoms. The first kappa shape index (κ1) is 19.4. The first-order chi connectivity index (χ1) is 12.7. The molecule has 0 saturated carbocycles. The van der Waals surface area contributed by atoms with E-state index in [2.05, 4.69) is 0 Å². The minimum atomic E-state index is -0.763. The Morgan fingerprint density at radius 2 is 2.15 bits per heavy atom. The SMILES string of the molecule is COc1ccc(CC(=O)N2CCOC3(C=C(N)C(=O)C(C)(C)C3)C2)cc1F. The second-order valence-corrected chi connectivity index (χ2v) is 7.86. The Morgan fingerprint density at radius 1 is 1.41 bits per heavy atom. The number of methoxy groups -OCH3 is 1. The number of carbonyl (C=O) groups excluding carboxylic acids is 2. The summed E-state index contributed by atoms with van der Waals surface area (Å²) >= 11 is 0. The molecular formula is C20H25FN2O4. The predicted octanol–water partition coefficient (Wildman–Crippen LogP) is 1.82. The maximum atomic E-state index is 13.9. The van der Waals surface area contributed by atoms with Gasteiger partial charge in [0.1, 0.15) is 5.60 Å². The van der Waals surface area contributed by atoms with Crippen molar-refractivity contribution in [2.45, 2.75) is 32.3 Å². The lowest BCUT2D eigenvalue weighted by atomic mass is 9.71. The lowest BCUT2D eigenvalue weighted by Crippen LogP contribution is -2.57. The zero-order chi connectivity index (χ0) is 19.8. The van der Waals surface area contributed by atoms with Crippen molar-refractivity contribution in [2.75, 3.05) is 26.8 Å². The molecule has 27 heavy (non-hydrogen) atoms. The molecule has 1 aliphatic carbocycles. The van der Waals surface area contributed by atoms with Crippen molar-refractivity contribution < 1.29 is 23.5 Å². The van der Waals surface area contributed by atoms with Gasteiger partial charge in [0.25, 0.3) is 0 Å². The third kappa shape index (κ3) is 3.83. The van der Waals surface area contributed by atoms with Gasteiger partial charge in [0.05, 0.1) is 32.4 Å². The zero-order valence-electron chi connectivity index (χ0n) is 15.9. The minimum Gasteiger partial charge on any atom is -0.494 e. The monoisotopic (exact) mass is 376 g/mol. The molecule has 1 amide bonds. The summed E-state index contributed by atoms with van der Waals surface area (Å²) in [5.41, 5.74) is 5.27. The first-order valence-electron chi connectivity index (χ1n) is 8.93. The highest BCUT2D eigenvalue weighted by molar-refractivity contribution is 5.99. The number of morpholine rings is 1. The number of amides is 1. The summed E-state index contributed by atoms with van der Waals surface area (Å²) < 4.78 is 24.7. The van der Waals surface area contributed by atoms with Crippen LogP contribution in [-0.4, -0.2) is 49.0 Å². The van der Waals surface area contributed by atoms with Crippen molar-refractivity contribution in [3.63, 3.8) is 0 Å². The molecule has 146 valence electrons. The van der Waals surface area contributed by atoms with Crippen LogP contribution in [0.2, 0.25) is 0 Å². The normalized spacial score (nSPS) is 24.7. The van der Waals surface area contributed by atoms with Gasteiger partial charge >= 0.3 is 0 Å². The van der Waals surface area contributed by atoms with Crippen LogP contribution in [0.25, 0.3) is 0 Å². The quantitative estimate of drug-likeness (QED) is 0.870. The van der Waals surface area contributed by atoms with Gasteiger partial charge in [0, 0.05) is 12.0 Å². The second kappa shape index (κ2) is 6.96.